The Bertz CT molecular complexity index is 1400. The molecule has 36 heavy (non-hydrogen) atoms. The Balaban J connectivity index is 1.30. The van der Waals surface area contributed by atoms with E-state index in [4.69, 9.17) is 0 Å². The third kappa shape index (κ3) is 4.64. The van der Waals surface area contributed by atoms with Crippen LogP contribution in [0.4, 0.5) is 5.69 Å². The molecule has 184 valence electrons. The molecule has 0 bridgehead atoms. The molecule has 3 aromatic rings. The van der Waals surface area contributed by atoms with Gasteiger partial charge >= 0.3 is 0 Å². The zero-order chi connectivity index (χ0) is 25.3. The van der Waals surface area contributed by atoms with Crippen LogP contribution < -0.4 is 14.9 Å². The summed E-state index contributed by atoms with van der Waals surface area (Å²) in [7, 11) is -3.86. The van der Waals surface area contributed by atoms with Crippen LogP contribution in [0.5, 0.6) is 0 Å². The van der Waals surface area contributed by atoms with Crippen molar-refractivity contribution in [3.63, 3.8) is 0 Å². The molecule has 8 heteroatoms. The number of sulfonamides is 1. The molecule has 1 aliphatic carbocycles. The Morgan fingerprint density at radius 1 is 0.917 bits per heavy atom. The van der Waals surface area contributed by atoms with Crippen molar-refractivity contribution in [2.45, 2.75) is 35.7 Å². The first-order valence-corrected chi connectivity index (χ1v) is 13.3. The highest BCUT2D eigenvalue weighted by molar-refractivity contribution is 7.92. The van der Waals surface area contributed by atoms with Gasteiger partial charge in [-0.25, -0.2) is 8.42 Å². The summed E-state index contributed by atoms with van der Waals surface area (Å²) < 4.78 is 28.4. The third-order valence-electron chi connectivity index (χ3n) is 6.74. The number of fused-ring (bicyclic) bond motifs is 1. The van der Waals surface area contributed by atoms with Gasteiger partial charge in [0.15, 0.2) is 0 Å². The quantitative estimate of drug-likeness (QED) is 0.480. The monoisotopic (exact) mass is 501 g/mol. The molecule has 0 spiro atoms. The van der Waals surface area contributed by atoms with Crippen molar-refractivity contribution in [1.29, 1.82) is 0 Å². The number of carbonyl (C=O) groups is 2. The van der Waals surface area contributed by atoms with Crippen LogP contribution in [0, 0.1) is 0 Å². The summed E-state index contributed by atoms with van der Waals surface area (Å²) in [4.78, 5) is 24.7. The third-order valence-corrected chi connectivity index (χ3v) is 8.57. The number of hydrogen-bond donors (Lipinski definition) is 2. The first-order chi connectivity index (χ1) is 17.4. The molecule has 3 atom stereocenters. The summed E-state index contributed by atoms with van der Waals surface area (Å²) in [5.74, 6) is -0.207. The fraction of sp³-hybridized carbons (Fsp3) is 0.214. The number of anilines is 1. The van der Waals surface area contributed by atoms with Crippen molar-refractivity contribution in [1.82, 2.24) is 10.6 Å². The van der Waals surface area contributed by atoms with Crippen molar-refractivity contribution in [3.05, 3.63) is 108 Å². The van der Waals surface area contributed by atoms with Crippen LogP contribution in [0.15, 0.2) is 96.4 Å². The number of nitrogens with one attached hydrogen (secondary N) is 2. The smallest absolute Gasteiger partial charge is 0.264 e. The molecule has 2 N–H and O–H groups in total. The summed E-state index contributed by atoms with van der Waals surface area (Å²) in [6, 6.07) is 23.0. The van der Waals surface area contributed by atoms with E-state index in [-0.39, 0.29) is 35.3 Å². The molecule has 3 aromatic carbocycles. The zero-order valence-electron chi connectivity index (χ0n) is 19.6. The minimum absolute atomic E-state index is 0.0858. The second-order valence-electron chi connectivity index (χ2n) is 9.05. The first kappa shape index (κ1) is 23.8. The number of carbonyl (C=O) groups excluding carboxylic acids is 2. The van der Waals surface area contributed by atoms with Crippen molar-refractivity contribution in [2.75, 3.05) is 10.8 Å². The Morgan fingerprint density at radius 3 is 2.33 bits per heavy atom. The lowest BCUT2D eigenvalue weighted by Crippen LogP contribution is -2.40. The number of rotatable bonds is 7. The standard InChI is InChI=1S/C28H27N3O4S/c1-2-27(32)29-24-16-17-31(26-11-7-6-10-22(24)26)36(34,35)21-14-12-20(13-15-21)28(33)30-25-18-23(25)19-8-4-3-5-9-19/h2-15,23-25H,1,16-18H2,(H,29,32)(H,30,33)/t23?,24?,25-/m1/s1. The highest BCUT2D eigenvalue weighted by Gasteiger charge is 2.39. The summed E-state index contributed by atoms with van der Waals surface area (Å²) >= 11 is 0. The fourth-order valence-corrected chi connectivity index (χ4v) is 6.25. The van der Waals surface area contributed by atoms with E-state index in [0.717, 1.165) is 12.0 Å². The molecular formula is C28H27N3O4S. The number of para-hydroxylation sites is 1. The fourth-order valence-electron chi connectivity index (χ4n) is 4.74. The Morgan fingerprint density at radius 2 is 1.61 bits per heavy atom. The van der Waals surface area contributed by atoms with Crippen LogP contribution in [-0.4, -0.2) is 32.8 Å². The number of hydrogen-bond acceptors (Lipinski definition) is 4. The van der Waals surface area contributed by atoms with E-state index < -0.39 is 10.0 Å². The molecule has 1 aliphatic heterocycles. The van der Waals surface area contributed by atoms with Gasteiger partial charge in [-0.05, 0) is 60.4 Å². The van der Waals surface area contributed by atoms with Crippen LogP contribution >= 0.6 is 0 Å². The zero-order valence-corrected chi connectivity index (χ0v) is 20.4. The lowest BCUT2D eigenvalue weighted by molar-refractivity contribution is -0.117. The minimum atomic E-state index is -3.86. The molecule has 1 saturated carbocycles. The first-order valence-electron chi connectivity index (χ1n) is 11.9. The highest BCUT2D eigenvalue weighted by Crippen LogP contribution is 2.41. The van der Waals surface area contributed by atoms with Crippen molar-refractivity contribution in [3.8, 4) is 0 Å². The van der Waals surface area contributed by atoms with E-state index >= 15 is 0 Å². The normalized spacial score (nSPS) is 20.7. The molecule has 2 unspecified atom stereocenters. The SMILES string of the molecule is C=CC(=O)NC1CCN(S(=O)(=O)c2ccc(C(=O)N[C@@H]3CC3c3ccccc3)cc2)c2ccccc21. The molecule has 7 nitrogen and oxygen atoms in total. The van der Waals surface area contributed by atoms with Crippen molar-refractivity contribution >= 4 is 27.5 Å². The van der Waals surface area contributed by atoms with Crippen molar-refractivity contribution in [2.24, 2.45) is 0 Å². The molecule has 1 heterocycles. The second kappa shape index (κ2) is 9.62. The number of amides is 2. The molecule has 0 saturated heterocycles. The molecule has 0 aromatic heterocycles. The molecule has 1 fully saturated rings. The molecule has 2 aliphatic rings. The van der Waals surface area contributed by atoms with Crippen LogP contribution in [-0.2, 0) is 14.8 Å². The van der Waals surface area contributed by atoms with Crippen LogP contribution in [0.2, 0.25) is 0 Å². The highest BCUT2D eigenvalue weighted by atomic mass is 32.2. The van der Waals surface area contributed by atoms with Gasteiger partial charge in [0, 0.05) is 24.1 Å². The summed E-state index contributed by atoms with van der Waals surface area (Å²) in [5, 5.41) is 5.91. The maximum Gasteiger partial charge on any atom is 0.264 e. The van der Waals surface area contributed by atoms with Gasteiger partial charge in [-0.3, -0.25) is 13.9 Å². The summed E-state index contributed by atoms with van der Waals surface area (Å²) in [6.45, 7) is 3.70. The number of nitrogens with zero attached hydrogens (tertiary/aromatic N) is 1. The second-order valence-corrected chi connectivity index (χ2v) is 10.9. The molecular weight excluding hydrogens is 474 g/mol. The number of benzene rings is 3. The predicted molar refractivity (Wildman–Crippen MR) is 138 cm³/mol. The van der Waals surface area contributed by atoms with Gasteiger partial charge in [-0.1, -0.05) is 55.1 Å². The minimum Gasteiger partial charge on any atom is -0.349 e. The average molecular weight is 502 g/mol. The van der Waals surface area contributed by atoms with Gasteiger partial charge < -0.3 is 10.6 Å². The lowest BCUT2D eigenvalue weighted by atomic mass is 9.98. The Kier molecular flexibility index (Phi) is 6.36. The predicted octanol–water partition coefficient (Wildman–Crippen LogP) is 3.91. The Hall–Kier alpha value is -3.91. The van der Waals surface area contributed by atoms with Gasteiger partial charge in [0.05, 0.1) is 16.6 Å². The molecule has 5 rings (SSSR count). The van der Waals surface area contributed by atoms with E-state index in [1.54, 1.807) is 24.3 Å². The van der Waals surface area contributed by atoms with E-state index in [9.17, 15) is 18.0 Å². The van der Waals surface area contributed by atoms with Gasteiger partial charge in [0.25, 0.3) is 15.9 Å². The maximum atomic E-state index is 13.5. The van der Waals surface area contributed by atoms with Gasteiger partial charge in [0.2, 0.25) is 5.91 Å². The van der Waals surface area contributed by atoms with Gasteiger partial charge in [-0.15, -0.1) is 0 Å². The van der Waals surface area contributed by atoms with E-state index in [1.165, 1.54) is 28.1 Å². The van der Waals surface area contributed by atoms with E-state index in [1.807, 2.05) is 30.3 Å². The molecule has 0 radical (unpaired) electrons. The summed E-state index contributed by atoms with van der Waals surface area (Å²) in [6.07, 6.45) is 2.53. The van der Waals surface area contributed by atoms with Gasteiger partial charge in [0.1, 0.15) is 0 Å². The lowest BCUT2D eigenvalue weighted by Gasteiger charge is -2.35. The topological polar surface area (TPSA) is 95.6 Å². The van der Waals surface area contributed by atoms with E-state index in [0.29, 0.717) is 23.6 Å². The van der Waals surface area contributed by atoms with Crippen molar-refractivity contribution < 1.29 is 18.0 Å². The molecule has 2 amide bonds. The van der Waals surface area contributed by atoms with Gasteiger partial charge in [-0.2, -0.15) is 0 Å². The Labute approximate surface area is 210 Å². The van der Waals surface area contributed by atoms with Crippen LogP contribution in [0.1, 0.15) is 46.3 Å². The largest absolute Gasteiger partial charge is 0.349 e. The van der Waals surface area contributed by atoms with Crippen LogP contribution in [0.25, 0.3) is 0 Å². The van der Waals surface area contributed by atoms with Crippen LogP contribution in [0.3, 0.4) is 0 Å². The maximum absolute atomic E-state index is 13.5. The average Bonchev–Trinajstić information content (AvgIpc) is 3.68. The van der Waals surface area contributed by atoms with E-state index in [2.05, 4.69) is 29.3 Å². The summed E-state index contributed by atoms with van der Waals surface area (Å²) in [5.41, 5.74) is 2.88.